The van der Waals surface area contributed by atoms with Gasteiger partial charge in [0.05, 0.1) is 7.11 Å². The lowest BCUT2D eigenvalue weighted by Gasteiger charge is -1.92. The highest BCUT2D eigenvalue weighted by molar-refractivity contribution is 8.82. The van der Waals surface area contributed by atoms with Crippen molar-refractivity contribution in [3.05, 3.63) is 0 Å². The molecule has 0 rings (SSSR count). The summed E-state index contributed by atoms with van der Waals surface area (Å²) in [5, 5.41) is -0.225. The van der Waals surface area contributed by atoms with Crippen molar-refractivity contribution in [1.29, 1.82) is 0 Å². The number of hydrogen-bond donors (Lipinski definition) is 0. The van der Waals surface area contributed by atoms with Crippen molar-refractivity contribution < 1.29 is 9.53 Å². The molecule has 2 nitrogen and oxygen atoms in total. The summed E-state index contributed by atoms with van der Waals surface area (Å²) in [6, 6.07) is 0. The van der Waals surface area contributed by atoms with E-state index >= 15 is 0 Å². The third-order valence-electron chi connectivity index (χ3n) is 0.411. The first-order chi connectivity index (χ1) is 3.81. The van der Waals surface area contributed by atoms with Gasteiger partial charge in [-0.25, -0.2) is 4.79 Å². The molecule has 0 aliphatic heterocycles. The molecule has 0 aromatic rings. The molecule has 0 radical (unpaired) electrons. The molecule has 0 aliphatic rings. The van der Waals surface area contributed by atoms with Crippen LogP contribution in [-0.4, -0.2) is 18.2 Å². The van der Waals surface area contributed by atoms with Gasteiger partial charge in [-0.05, 0) is 0 Å². The van der Waals surface area contributed by atoms with Crippen LogP contribution < -0.4 is 0 Å². The van der Waals surface area contributed by atoms with Gasteiger partial charge < -0.3 is 4.74 Å². The monoisotopic (exact) mass is 152 g/mol. The van der Waals surface area contributed by atoms with Crippen molar-refractivity contribution in [2.45, 2.75) is 6.92 Å². The highest BCUT2D eigenvalue weighted by Gasteiger charge is 1.97. The van der Waals surface area contributed by atoms with E-state index < -0.39 is 0 Å². The van der Waals surface area contributed by atoms with E-state index in [9.17, 15) is 4.79 Å². The summed E-state index contributed by atoms with van der Waals surface area (Å²) in [6.45, 7) is 1.99. The Morgan fingerprint density at radius 1 is 1.75 bits per heavy atom. The van der Waals surface area contributed by atoms with Crippen LogP contribution in [0.15, 0.2) is 0 Å². The van der Waals surface area contributed by atoms with Crippen molar-refractivity contribution in [3.63, 3.8) is 0 Å². The Morgan fingerprint density at radius 3 is 2.75 bits per heavy atom. The minimum absolute atomic E-state index is 0.225. The largest absolute Gasteiger partial charge is 0.460 e. The fourth-order valence-corrected chi connectivity index (χ4v) is 1.27. The molecule has 0 aliphatic carbocycles. The fraction of sp³-hybridized carbons (Fsp3) is 0.750. The molecular formula is C4H8O2S2. The molecule has 0 amide bonds. The Kier molecular flexibility index (Phi) is 5.42. The smallest absolute Gasteiger partial charge is 0.377 e. The van der Waals surface area contributed by atoms with Gasteiger partial charge in [0.25, 0.3) is 0 Å². The van der Waals surface area contributed by atoms with Crippen molar-refractivity contribution in [1.82, 2.24) is 0 Å². The van der Waals surface area contributed by atoms with Crippen LogP contribution in [0.3, 0.4) is 0 Å². The lowest BCUT2D eigenvalue weighted by molar-refractivity contribution is 0.200. The van der Waals surface area contributed by atoms with Crippen LogP contribution in [0.2, 0.25) is 0 Å². The maximum atomic E-state index is 10.3. The average molecular weight is 152 g/mol. The predicted molar refractivity (Wildman–Crippen MR) is 38.1 cm³/mol. The molecule has 0 bridgehead atoms. The van der Waals surface area contributed by atoms with Crippen LogP contribution >= 0.6 is 21.6 Å². The van der Waals surface area contributed by atoms with E-state index in [2.05, 4.69) is 4.74 Å². The molecule has 0 saturated heterocycles. The van der Waals surface area contributed by atoms with Crippen LogP contribution in [0.1, 0.15) is 6.92 Å². The fourth-order valence-electron chi connectivity index (χ4n) is 0.141. The van der Waals surface area contributed by atoms with Crippen molar-refractivity contribution >= 4 is 26.9 Å². The van der Waals surface area contributed by atoms with Gasteiger partial charge >= 0.3 is 5.30 Å². The topological polar surface area (TPSA) is 26.3 Å². The molecule has 0 spiro atoms. The molecule has 0 atom stereocenters. The molecule has 0 N–H and O–H groups in total. The van der Waals surface area contributed by atoms with Crippen LogP contribution in [0.25, 0.3) is 0 Å². The van der Waals surface area contributed by atoms with E-state index in [1.54, 1.807) is 0 Å². The number of rotatable bonds is 2. The van der Waals surface area contributed by atoms with Gasteiger partial charge in [-0.15, -0.1) is 0 Å². The molecule has 0 saturated carbocycles. The van der Waals surface area contributed by atoms with E-state index in [1.807, 2.05) is 6.92 Å². The predicted octanol–water partition coefficient (Wildman–Crippen LogP) is 2.15. The molecule has 0 heterocycles. The second-order valence-corrected chi connectivity index (χ2v) is 3.46. The lowest BCUT2D eigenvalue weighted by Crippen LogP contribution is -1.86. The van der Waals surface area contributed by atoms with Gasteiger partial charge in [0.1, 0.15) is 0 Å². The summed E-state index contributed by atoms with van der Waals surface area (Å²) in [6.07, 6.45) is 0. The van der Waals surface area contributed by atoms with Crippen LogP contribution in [0.5, 0.6) is 0 Å². The first kappa shape index (κ1) is 8.17. The Morgan fingerprint density at radius 2 is 2.38 bits per heavy atom. The summed E-state index contributed by atoms with van der Waals surface area (Å²) in [4.78, 5) is 10.3. The van der Waals surface area contributed by atoms with Crippen molar-refractivity contribution in [2.24, 2.45) is 0 Å². The zero-order valence-electron chi connectivity index (χ0n) is 4.84. The van der Waals surface area contributed by atoms with Gasteiger partial charge in [0, 0.05) is 16.5 Å². The second kappa shape index (κ2) is 5.31. The minimum Gasteiger partial charge on any atom is -0.460 e. The van der Waals surface area contributed by atoms with E-state index in [0.717, 1.165) is 16.5 Å². The lowest BCUT2D eigenvalue weighted by atomic mass is 11.0. The molecule has 0 aromatic carbocycles. The maximum Gasteiger partial charge on any atom is 0.377 e. The number of ether oxygens (including phenoxy) is 1. The van der Waals surface area contributed by atoms with E-state index in [0.29, 0.717) is 0 Å². The summed E-state index contributed by atoms with van der Waals surface area (Å²) in [7, 11) is 4.00. The quantitative estimate of drug-likeness (QED) is 0.447. The number of carbonyl (C=O) groups is 1. The van der Waals surface area contributed by atoms with Crippen LogP contribution in [0, 0.1) is 0 Å². The standard InChI is InChI=1S/C4H8O2S2/c1-3-7-8-4(5)6-2/h3H2,1-2H3. The summed E-state index contributed by atoms with van der Waals surface area (Å²) >= 11 is 0. The SMILES string of the molecule is CCSSC(=O)OC. The van der Waals surface area contributed by atoms with E-state index in [1.165, 1.54) is 17.9 Å². The van der Waals surface area contributed by atoms with Crippen LogP contribution in [0.4, 0.5) is 4.79 Å². The Labute approximate surface area is 56.8 Å². The van der Waals surface area contributed by atoms with Gasteiger partial charge in [-0.1, -0.05) is 17.7 Å². The van der Waals surface area contributed by atoms with Gasteiger partial charge in [-0.2, -0.15) is 0 Å². The first-order valence-corrected chi connectivity index (χ1v) is 4.50. The summed E-state index contributed by atoms with van der Waals surface area (Å²) < 4.78 is 4.36. The third kappa shape index (κ3) is 4.33. The highest BCUT2D eigenvalue weighted by atomic mass is 33.1. The second-order valence-electron chi connectivity index (χ2n) is 0.944. The number of carbonyl (C=O) groups excluding carboxylic acids is 1. The molecule has 0 aromatic heterocycles. The highest BCUT2D eigenvalue weighted by Crippen LogP contribution is 2.21. The molecule has 8 heavy (non-hydrogen) atoms. The van der Waals surface area contributed by atoms with E-state index in [-0.39, 0.29) is 5.30 Å². The van der Waals surface area contributed by atoms with Gasteiger partial charge in [-0.3, -0.25) is 0 Å². The first-order valence-electron chi connectivity index (χ1n) is 2.18. The van der Waals surface area contributed by atoms with Crippen molar-refractivity contribution in [2.75, 3.05) is 12.9 Å². The van der Waals surface area contributed by atoms with Crippen molar-refractivity contribution in [3.8, 4) is 0 Å². The van der Waals surface area contributed by atoms with Crippen LogP contribution in [-0.2, 0) is 4.74 Å². The molecule has 0 unspecified atom stereocenters. The minimum atomic E-state index is -0.225. The molecule has 48 valence electrons. The summed E-state index contributed by atoms with van der Waals surface area (Å²) in [5.41, 5.74) is 0. The van der Waals surface area contributed by atoms with Gasteiger partial charge in [0.2, 0.25) is 0 Å². The van der Waals surface area contributed by atoms with Gasteiger partial charge in [0.15, 0.2) is 0 Å². The maximum absolute atomic E-state index is 10.3. The third-order valence-corrected chi connectivity index (χ3v) is 2.54. The Balaban J connectivity index is 2.99. The molecule has 0 fully saturated rings. The normalized spacial score (nSPS) is 8.75. The molecule has 4 heteroatoms. The zero-order valence-corrected chi connectivity index (χ0v) is 6.47. The summed E-state index contributed by atoms with van der Waals surface area (Å²) in [5.74, 6) is 0.930. The number of hydrogen-bond acceptors (Lipinski definition) is 4. The Bertz CT molecular complexity index is 74.4. The average Bonchev–Trinajstić information content (AvgIpc) is 1.83. The zero-order chi connectivity index (χ0) is 6.41. The Hall–Kier alpha value is 0.170. The molecular weight excluding hydrogens is 144 g/mol. The number of methoxy groups -OCH3 is 1. The van der Waals surface area contributed by atoms with E-state index in [4.69, 9.17) is 0 Å².